The average molecular weight is 221 g/mol. The van der Waals surface area contributed by atoms with Crippen molar-refractivity contribution in [2.75, 3.05) is 23.7 Å². The van der Waals surface area contributed by atoms with Crippen molar-refractivity contribution < 1.29 is 5.11 Å². The quantitative estimate of drug-likeness (QED) is 0.789. The van der Waals surface area contributed by atoms with Crippen LogP contribution < -0.4 is 10.6 Å². The summed E-state index contributed by atoms with van der Waals surface area (Å²) in [5, 5.41) is 9.62. The summed E-state index contributed by atoms with van der Waals surface area (Å²) in [6.45, 7) is 3.76. The maximum atomic E-state index is 9.62. The van der Waals surface area contributed by atoms with Gasteiger partial charge in [-0.1, -0.05) is 0 Å². The van der Waals surface area contributed by atoms with E-state index in [1.165, 1.54) is 0 Å². The number of aromatic nitrogens is 1. The number of piperidine rings is 1. The van der Waals surface area contributed by atoms with E-state index in [4.69, 9.17) is 5.73 Å². The standard InChI is InChI=1S/C12H19N3O/c1-9(16)10-3-2-6-15(8-10)12-5-4-11(13)7-14-12/h4-5,7,9-10,16H,2-3,6,8,13H2,1H3/t9-,10-/m0/s1. The fraction of sp³-hybridized carbons (Fsp3) is 0.583. The third-order valence-corrected chi connectivity index (χ3v) is 3.23. The van der Waals surface area contributed by atoms with E-state index in [9.17, 15) is 5.11 Å². The molecule has 0 aliphatic carbocycles. The van der Waals surface area contributed by atoms with Crippen LogP contribution in [0.1, 0.15) is 19.8 Å². The van der Waals surface area contributed by atoms with Gasteiger partial charge in [0, 0.05) is 19.0 Å². The van der Waals surface area contributed by atoms with Gasteiger partial charge in [-0.2, -0.15) is 0 Å². The molecule has 0 saturated carbocycles. The van der Waals surface area contributed by atoms with Crippen LogP contribution in [0, 0.1) is 5.92 Å². The first-order valence-corrected chi connectivity index (χ1v) is 5.81. The number of hydrogen-bond acceptors (Lipinski definition) is 4. The summed E-state index contributed by atoms with van der Waals surface area (Å²) in [6.07, 6.45) is 3.66. The summed E-state index contributed by atoms with van der Waals surface area (Å²) in [6, 6.07) is 3.81. The number of anilines is 2. The van der Waals surface area contributed by atoms with E-state index in [-0.39, 0.29) is 6.10 Å². The predicted molar refractivity (Wildman–Crippen MR) is 65.3 cm³/mol. The van der Waals surface area contributed by atoms with Gasteiger partial charge < -0.3 is 15.7 Å². The summed E-state index contributed by atoms with van der Waals surface area (Å²) in [7, 11) is 0. The number of rotatable bonds is 2. The van der Waals surface area contributed by atoms with Crippen LogP contribution >= 0.6 is 0 Å². The SMILES string of the molecule is C[C@H](O)[C@H]1CCCN(c2ccc(N)cn2)C1. The van der Waals surface area contributed by atoms with Crippen molar-refractivity contribution in [1.29, 1.82) is 0 Å². The van der Waals surface area contributed by atoms with Crippen molar-refractivity contribution in [2.45, 2.75) is 25.9 Å². The lowest BCUT2D eigenvalue weighted by atomic mass is 9.93. The molecule has 4 heteroatoms. The van der Waals surface area contributed by atoms with Crippen LogP contribution in [-0.4, -0.2) is 29.3 Å². The molecule has 0 spiro atoms. The molecule has 16 heavy (non-hydrogen) atoms. The van der Waals surface area contributed by atoms with E-state index in [1.807, 2.05) is 19.1 Å². The van der Waals surface area contributed by atoms with Crippen LogP contribution in [0.3, 0.4) is 0 Å². The molecular formula is C12H19N3O. The minimum absolute atomic E-state index is 0.239. The second-order valence-electron chi connectivity index (χ2n) is 4.54. The Labute approximate surface area is 96.1 Å². The van der Waals surface area contributed by atoms with Gasteiger partial charge in [0.05, 0.1) is 18.0 Å². The third-order valence-electron chi connectivity index (χ3n) is 3.23. The van der Waals surface area contributed by atoms with Gasteiger partial charge in [0.15, 0.2) is 0 Å². The van der Waals surface area contributed by atoms with E-state index >= 15 is 0 Å². The Bertz CT molecular complexity index is 337. The molecule has 1 aromatic rings. The Kier molecular flexibility index (Phi) is 3.29. The highest BCUT2D eigenvalue weighted by Gasteiger charge is 2.23. The molecule has 0 radical (unpaired) electrons. The van der Waals surface area contributed by atoms with Crippen molar-refractivity contribution in [2.24, 2.45) is 5.92 Å². The number of nitrogen functional groups attached to an aromatic ring is 1. The summed E-state index contributed by atoms with van der Waals surface area (Å²) >= 11 is 0. The second-order valence-corrected chi connectivity index (χ2v) is 4.54. The molecule has 1 aliphatic rings. The minimum atomic E-state index is -0.239. The topological polar surface area (TPSA) is 62.4 Å². The Hall–Kier alpha value is -1.29. The van der Waals surface area contributed by atoms with Crippen LogP contribution in [-0.2, 0) is 0 Å². The molecule has 88 valence electrons. The first-order chi connectivity index (χ1) is 7.66. The van der Waals surface area contributed by atoms with Crippen LogP contribution in [0.2, 0.25) is 0 Å². The average Bonchev–Trinajstić information content (AvgIpc) is 2.30. The molecule has 2 atom stereocenters. The van der Waals surface area contributed by atoms with Crippen molar-refractivity contribution in [3.8, 4) is 0 Å². The van der Waals surface area contributed by atoms with Crippen LogP contribution in [0.4, 0.5) is 11.5 Å². The van der Waals surface area contributed by atoms with Crippen molar-refractivity contribution >= 4 is 11.5 Å². The van der Waals surface area contributed by atoms with E-state index < -0.39 is 0 Å². The van der Waals surface area contributed by atoms with Gasteiger partial charge in [0.2, 0.25) is 0 Å². The zero-order valence-corrected chi connectivity index (χ0v) is 9.63. The lowest BCUT2D eigenvalue weighted by Crippen LogP contribution is -2.39. The zero-order chi connectivity index (χ0) is 11.5. The lowest BCUT2D eigenvalue weighted by molar-refractivity contribution is 0.115. The molecule has 0 unspecified atom stereocenters. The smallest absolute Gasteiger partial charge is 0.128 e. The first-order valence-electron chi connectivity index (χ1n) is 5.81. The minimum Gasteiger partial charge on any atom is -0.397 e. The van der Waals surface area contributed by atoms with E-state index in [2.05, 4.69) is 9.88 Å². The highest BCUT2D eigenvalue weighted by Crippen LogP contribution is 2.23. The van der Waals surface area contributed by atoms with Gasteiger partial charge in [0.1, 0.15) is 5.82 Å². The second kappa shape index (κ2) is 4.70. The maximum Gasteiger partial charge on any atom is 0.128 e. The fourth-order valence-corrected chi connectivity index (χ4v) is 2.20. The Morgan fingerprint density at radius 1 is 1.56 bits per heavy atom. The summed E-state index contributed by atoms with van der Waals surface area (Å²) in [5.41, 5.74) is 6.30. The normalized spacial score (nSPS) is 23.1. The summed E-state index contributed by atoms with van der Waals surface area (Å²) < 4.78 is 0. The molecular weight excluding hydrogens is 202 g/mol. The molecule has 1 aromatic heterocycles. The molecule has 1 aliphatic heterocycles. The van der Waals surface area contributed by atoms with Gasteiger partial charge in [-0.3, -0.25) is 0 Å². The molecule has 3 N–H and O–H groups in total. The highest BCUT2D eigenvalue weighted by atomic mass is 16.3. The number of pyridine rings is 1. The van der Waals surface area contributed by atoms with Crippen LogP contribution in [0.15, 0.2) is 18.3 Å². The maximum absolute atomic E-state index is 9.62. The van der Waals surface area contributed by atoms with Crippen LogP contribution in [0.25, 0.3) is 0 Å². The molecule has 0 aromatic carbocycles. The van der Waals surface area contributed by atoms with Gasteiger partial charge >= 0.3 is 0 Å². The summed E-state index contributed by atoms with van der Waals surface area (Å²) in [4.78, 5) is 6.54. The Morgan fingerprint density at radius 2 is 2.38 bits per heavy atom. The molecule has 2 rings (SSSR count). The molecule has 4 nitrogen and oxygen atoms in total. The number of aliphatic hydroxyl groups is 1. The van der Waals surface area contributed by atoms with E-state index in [1.54, 1.807) is 6.20 Å². The van der Waals surface area contributed by atoms with Crippen LogP contribution in [0.5, 0.6) is 0 Å². The number of nitrogens with two attached hydrogens (primary N) is 1. The molecule has 1 saturated heterocycles. The lowest BCUT2D eigenvalue weighted by Gasteiger charge is -2.34. The number of hydrogen-bond donors (Lipinski definition) is 2. The third kappa shape index (κ3) is 2.44. The van der Waals surface area contributed by atoms with Gasteiger partial charge in [-0.05, 0) is 31.9 Å². The Morgan fingerprint density at radius 3 is 3.00 bits per heavy atom. The van der Waals surface area contributed by atoms with Gasteiger partial charge in [-0.15, -0.1) is 0 Å². The highest BCUT2D eigenvalue weighted by molar-refractivity contribution is 5.46. The largest absolute Gasteiger partial charge is 0.397 e. The number of nitrogens with zero attached hydrogens (tertiary/aromatic N) is 2. The van der Waals surface area contributed by atoms with E-state index in [0.717, 1.165) is 31.7 Å². The monoisotopic (exact) mass is 221 g/mol. The Balaban J connectivity index is 2.06. The first kappa shape index (κ1) is 11.2. The summed E-state index contributed by atoms with van der Waals surface area (Å²) in [5.74, 6) is 1.31. The van der Waals surface area contributed by atoms with E-state index in [0.29, 0.717) is 11.6 Å². The predicted octanol–water partition coefficient (Wildman–Crippen LogP) is 1.26. The molecule has 0 amide bonds. The van der Waals surface area contributed by atoms with Crippen molar-refractivity contribution in [3.05, 3.63) is 18.3 Å². The zero-order valence-electron chi connectivity index (χ0n) is 9.63. The van der Waals surface area contributed by atoms with Gasteiger partial charge in [0.25, 0.3) is 0 Å². The van der Waals surface area contributed by atoms with Crippen molar-refractivity contribution in [1.82, 2.24) is 4.98 Å². The van der Waals surface area contributed by atoms with Gasteiger partial charge in [-0.25, -0.2) is 4.98 Å². The fourth-order valence-electron chi connectivity index (χ4n) is 2.20. The molecule has 2 heterocycles. The van der Waals surface area contributed by atoms with Crippen molar-refractivity contribution in [3.63, 3.8) is 0 Å². The molecule has 1 fully saturated rings. The number of aliphatic hydroxyl groups excluding tert-OH is 1. The molecule has 0 bridgehead atoms.